The van der Waals surface area contributed by atoms with E-state index in [9.17, 15) is 28.3 Å². The lowest BCUT2D eigenvalue weighted by atomic mass is 10.0. The standard InChI is InChI=1S/C25H32N4O6S3/c1-15(2)12-18(27-25(32)22-13-21-20(37-22)9-11-36-21)24(31)26-17-8-7-16(3)29(14-19(17)30)38(34,35)23-6-4-5-10-28(23)33/h4-6,9-11,13,15-19,30H,7-8,12,14H2,1-3H3,(H,26,31)(H,27,32)/t16-,17+,18+,19+/m1/s1. The molecule has 0 radical (unpaired) electrons. The van der Waals surface area contributed by atoms with E-state index in [0.717, 1.165) is 19.9 Å². The molecule has 1 fully saturated rings. The summed E-state index contributed by atoms with van der Waals surface area (Å²) in [5.74, 6) is -0.651. The molecule has 1 saturated heterocycles. The number of pyridine rings is 1. The summed E-state index contributed by atoms with van der Waals surface area (Å²) in [5.41, 5.74) is 0. The number of β-amino-alcohol motifs (C(OH)–C–C–N with tert-alkyl or cyclic N) is 1. The lowest BCUT2D eigenvalue weighted by Gasteiger charge is -2.28. The number of amides is 2. The Morgan fingerprint density at radius 1 is 1.24 bits per heavy atom. The molecule has 206 valence electrons. The number of aliphatic hydroxyl groups is 1. The molecule has 0 bridgehead atoms. The second-order valence-electron chi connectivity index (χ2n) is 9.96. The summed E-state index contributed by atoms with van der Waals surface area (Å²) in [6, 6.07) is 5.84. The number of nitrogens with one attached hydrogen (secondary N) is 2. The minimum Gasteiger partial charge on any atom is -0.618 e. The molecule has 3 aromatic rings. The number of carbonyl (C=O) groups is 2. The van der Waals surface area contributed by atoms with Crippen molar-refractivity contribution in [3.63, 3.8) is 0 Å². The first-order valence-electron chi connectivity index (χ1n) is 12.4. The van der Waals surface area contributed by atoms with Crippen molar-refractivity contribution in [3.05, 3.63) is 52.0 Å². The van der Waals surface area contributed by atoms with Gasteiger partial charge in [0.05, 0.1) is 17.0 Å². The first-order chi connectivity index (χ1) is 18.0. The Hall–Kier alpha value is -2.58. The van der Waals surface area contributed by atoms with Crippen molar-refractivity contribution < 1.29 is 27.8 Å². The van der Waals surface area contributed by atoms with Crippen LogP contribution < -0.4 is 15.4 Å². The molecule has 0 unspecified atom stereocenters. The van der Waals surface area contributed by atoms with Crippen LogP contribution >= 0.6 is 22.7 Å². The average molecular weight is 581 g/mol. The van der Waals surface area contributed by atoms with E-state index >= 15 is 0 Å². The predicted octanol–water partition coefficient (Wildman–Crippen LogP) is 2.46. The van der Waals surface area contributed by atoms with E-state index in [4.69, 9.17) is 0 Å². The van der Waals surface area contributed by atoms with Gasteiger partial charge in [-0.05, 0) is 55.7 Å². The summed E-state index contributed by atoms with van der Waals surface area (Å²) in [4.78, 5) is 26.8. The highest BCUT2D eigenvalue weighted by molar-refractivity contribution is 7.89. The zero-order valence-electron chi connectivity index (χ0n) is 21.4. The molecule has 10 nitrogen and oxygen atoms in total. The van der Waals surface area contributed by atoms with E-state index in [2.05, 4.69) is 10.6 Å². The molecule has 0 spiro atoms. The number of hydrogen-bond acceptors (Lipinski definition) is 8. The van der Waals surface area contributed by atoms with E-state index in [-0.39, 0.29) is 23.1 Å². The predicted molar refractivity (Wildman–Crippen MR) is 146 cm³/mol. The minimum atomic E-state index is -4.18. The van der Waals surface area contributed by atoms with Crippen LogP contribution in [0.1, 0.15) is 49.7 Å². The number of aliphatic hydroxyl groups excluding tert-OH is 1. The average Bonchev–Trinajstić information content (AvgIpc) is 3.43. The van der Waals surface area contributed by atoms with Gasteiger partial charge in [-0.15, -0.1) is 22.7 Å². The van der Waals surface area contributed by atoms with Gasteiger partial charge in [0.2, 0.25) is 5.91 Å². The Labute approximate surface area is 229 Å². The number of sulfonamides is 1. The van der Waals surface area contributed by atoms with Gasteiger partial charge in [-0.3, -0.25) is 9.59 Å². The van der Waals surface area contributed by atoms with E-state index in [1.165, 1.54) is 29.5 Å². The number of thiophene rings is 2. The molecule has 4 heterocycles. The Bertz CT molecular complexity index is 1370. The molecule has 0 aliphatic carbocycles. The van der Waals surface area contributed by atoms with E-state index in [1.807, 2.05) is 31.4 Å². The number of nitrogens with zero attached hydrogens (tertiary/aromatic N) is 2. The first kappa shape index (κ1) is 28.4. The number of rotatable bonds is 8. The van der Waals surface area contributed by atoms with Crippen molar-refractivity contribution in [2.45, 2.75) is 69.3 Å². The lowest BCUT2D eigenvalue weighted by Crippen LogP contribution is -2.54. The summed E-state index contributed by atoms with van der Waals surface area (Å²) >= 11 is 2.91. The van der Waals surface area contributed by atoms with Crippen LogP contribution in [0.4, 0.5) is 0 Å². The van der Waals surface area contributed by atoms with Gasteiger partial charge in [0.1, 0.15) is 6.04 Å². The summed E-state index contributed by atoms with van der Waals surface area (Å²) in [5, 5.41) is 30.3. The fourth-order valence-corrected chi connectivity index (χ4v) is 8.30. The quantitative estimate of drug-likeness (QED) is 0.276. The highest BCUT2D eigenvalue weighted by atomic mass is 32.2. The molecular formula is C25H32N4O6S3. The Kier molecular flexibility index (Phi) is 8.72. The largest absolute Gasteiger partial charge is 0.618 e. The van der Waals surface area contributed by atoms with Crippen molar-refractivity contribution in [1.82, 2.24) is 14.9 Å². The molecule has 0 aromatic carbocycles. The van der Waals surface area contributed by atoms with Crippen LogP contribution in [0, 0.1) is 11.1 Å². The van der Waals surface area contributed by atoms with Crippen molar-refractivity contribution in [2.75, 3.05) is 6.54 Å². The fraction of sp³-hybridized carbons (Fsp3) is 0.480. The van der Waals surface area contributed by atoms with Gasteiger partial charge >= 0.3 is 15.0 Å². The van der Waals surface area contributed by atoms with E-state index in [0.29, 0.717) is 24.1 Å². The molecule has 38 heavy (non-hydrogen) atoms. The number of aromatic nitrogens is 1. The summed E-state index contributed by atoms with van der Waals surface area (Å²) < 4.78 is 29.9. The zero-order valence-corrected chi connectivity index (χ0v) is 23.8. The van der Waals surface area contributed by atoms with Crippen LogP contribution in [0.5, 0.6) is 0 Å². The van der Waals surface area contributed by atoms with Crippen LogP contribution in [0.3, 0.4) is 0 Å². The minimum absolute atomic E-state index is 0.113. The van der Waals surface area contributed by atoms with Crippen molar-refractivity contribution in [2.24, 2.45) is 5.92 Å². The Balaban J connectivity index is 1.47. The molecule has 0 saturated carbocycles. The first-order valence-corrected chi connectivity index (χ1v) is 15.6. The van der Waals surface area contributed by atoms with Gasteiger partial charge in [0, 0.05) is 34.1 Å². The molecule has 13 heteroatoms. The van der Waals surface area contributed by atoms with Crippen LogP contribution in [0.25, 0.3) is 9.40 Å². The maximum atomic E-state index is 13.3. The SMILES string of the molecule is CC(C)C[C@H](NC(=O)c1cc2sccc2s1)C(=O)N[C@H]1CC[C@@H](C)N(S(=O)(=O)c2cccc[n+]2[O-])C[C@@H]1O. The van der Waals surface area contributed by atoms with Crippen LogP contribution in [0.2, 0.25) is 0 Å². The maximum absolute atomic E-state index is 13.3. The van der Waals surface area contributed by atoms with Gasteiger partial charge in [-0.2, -0.15) is 9.04 Å². The molecule has 3 N–H and O–H groups in total. The third-order valence-electron chi connectivity index (χ3n) is 6.60. The molecule has 3 aromatic heterocycles. The summed E-state index contributed by atoms with van der Waals surface area (Å²) in [6.07, 6.45) is 0.990. The summed E-state index contributed by atoms with van der Waals surface area (Å²) in [6.45, 7) is 5.32. The normalized spacial score (nSPS) is 21.8. The number of fused-ring (bicyclic) bond motifs is 1. The second-order valence-corrected chi connectivity index (χ2v) is 13.8. The smallest absolute Gasteiger partial charge is 0.323 e. The van der Waals surface area contributed by atoms with Gasteiger partial charge in [-0.1, -0.05) is 13.8 Å². The number of carbonyl (C=O) groups excluding carboxylic acids is 2. The Morgan fingerprint density at radius 2 is 2.00 bits per heavy atom. The fourth-order valence-electron chi connectivity index (χ4n) is 4.58. The highest BCUT2D eigenvalue weighted by Crippen LogP contribution is 2.30. The maximum Gasteiger partial charge on any atom is 0.323 e. The highest BCUT2D eigenvalue weighted by Gasteiger charge is 2.40. The van der Waals surface area contributed by atoms with Crippen molar-refractivity contribution >= 4 is 53.9 Å². The molecule has 4 rings (SSSR count). The van der Waals surface area contributed by atoms with Crippen LogP contribution in [-0.4, -0.2) is 60.4 Å². The second kappa shape index (κ2) is 11.7. The third-order valence-corrected chi connectivity index (χ3v) is 10.7. The molecule has 4 atom stereocenters. The van der Waals surface area contributed by atoms with Gasteiger partial charge < -0.3 is 20.9 Å². The third kappa shape index (κ3) is 6.18. The molecule has 1 aliphatic heterocycles. The molecule has 1 aliphatic rings. The zero-order chi connectivity index (χ0) is 27.6. The van der Waals surface area contributed by atoms with E-state index < -0.39 is 45.2 Å². The van der Waals surface area contributed by atoms with Gasteiger partial charge in [0.25, 0.3) is 5.91 Å². The van der Waals surface area contributed by atoms with Crippen molar-refractivity contribution in [3.8, 4) is 0 Å². The topological polar surface area (TPSA) is 143 Å². The summed E-state index contributed by atoms with van der Waals surface area (Å²) in [7, 11) is -4.18. The monoisotopic (exact) mass is 580 g/mol. The van der Waals surface area contributed by atoms with Crippen LogP contribution in [0.15, 0.2) is 46.9 Å². The molecule has 2 amide bonds. The number of hydrogen-bond donors (Lipinski definition) is 3. The Morgan fingerprint density at radius 3 is 2.68 bits per heavy atom. The van der Waals surface area contributed by atoms with Gasteiger partial charge in [0.15, 0.2) is 6.20 Å². The lowest BCUT2D eigenvalue weighted by molar-refractivity contribution is -0.646. The van der Waals surface area contributed by atoms with Crippen LogP contribution in [-0.2, 0) is 14.8 Å². The van der Waals surface area contributed by atoms with E-state index in [1.54, 1.807) is 18.3 Å². The van der Waals surface area contributed by atoms with Gasteiger partial charge in [-0.25, -0.2) is 8.42 Å². The molecular weight excluding hydrogens is 548 g/mol. The van der Waals surface area contributed by atoms with Crippen molar-refractivity contribution in [1.29, 1.82) is 0 Å².